The summed E-state index contributed by atoms with van der Waals surface area (Å²) in [6, 6.07) is 11.6. The summed E-state index contributed by atoms with van der Waals surface area (Å²) in [6.07, 6.45) is 1.51. The normalized spacial score (nSPS) is 15.7. The number of nitrogens with one attached hydrogen (secondary N) is 2. The molecule has 0 aliphatic carbocycles. The molecule has 0 spiro atoms. The van der Waals surface area contributed by atoms with Crippen molar-refractivity contribution >= 4 is 28.1 Å². The van der Waals surface area contributed by atoms with Crippen LogP contribution < -0.4 is 10.3 Å². The number of hydrogen-bond acceptors (Lipinski definition) is 4. The van der Waals surface area contributed by atoms with Crippen molar-refractivity contribution in [1.82, 2.24) is 5.43 Å². The summed E-state index contributed by atoms with van der Waals surface area (Å²) in [5.74, 6) is 1.24. The average Bonchev–Trinajstić information content (AvgIpc) is 3.05. The monoisotopic (exact) mass is 392 g/mol. The van der Waals surface area contributed by atoms with Crippen molar-refractivity contribution < 1.29 is 18.8 Å². The van der Waals surface area contributed by atoms with E-state index in [2.05, 4.69) is 26.5 Å². The highest BCUT2D eigenvalue weighted by Gasteiger charge is 2.17. The van der Waals surface area contributed by atoms with Crippen LogP contribution in [-0.4, -0.2) is 45.0 Å². The molecule has 1 fully saturated rings. The predicted molar refractivity (Wildman–Crippen MR) is 94.0 cm³/mol. The van der Waals surface area contributed by atoms with Crippen LogP contribution >= 0.6 is 15.9 Å². The molecular formula is C17H19BrN3O3+. The third-order valence-corrected chi connectivity index (χ3v) is 4.28. The summed E-state index contributed by atoms with van der Waals surface area (Å²) in [5, 5.41) is 3.96. The molecule has 6 nitrogen and oxygen atoms in total. The molecule has 0 radical (unpaired) electrons. The lowest BCUT2D eigenvalue weighted by Gasteiger charge is -2.22. The first kappa shape index (κ1) is 16.9. The lowest BCUT2D eigenvalue weighted by Crippen LogP contribution is -3.15. The summed E-state index contributed by atoms with van der Waals surface area (Å²) in [5.41, 5.74) is 3.52. The molecule has 0 bridgehead atoms. The number of furan rings is 1. The SMILES string of the molecule is O=C(C[NH+]1CCOCC1)N/N=C\c1ccc(-c2ccc(Br)cc2)o1. The summed E-state index contributed by atoms with van der Waals surface area (Å²) in [4.78, 5) is 13.1. The zero-order valence-electron chi connectivity index (χ0n) is 13.1. The third-order valence-electron chi connectivity index (χ3n) is 3.75. The Morgan fingerprint density at radius 3 is 2.71 bits per heavy atom. The lowest BCUT2D eigenvalue weighted by molar-refractivity contribution is -0.900. The second kappa shape index (κ2) is 8.23. The maximum atomic E-state index is 11.8. The summed E-state index contributed by atoms with van der Waals surface area (Å²) < 4.78 is 12.0. The summed E-state index contributed by atoms with van der Waals surface area (Å²) in [7, 11) is 0. The quantitative estimate of drug-likeness (QED) is 0.590. The fourth-order valence-corrected chi connectivity index (χ4v) is 2.73. The molecule has 126 valence electrons. The van der Waals surface area contributed by atoms with Gasteiger partial charge in [-0.3, -0.25) is 4.79 Å². The molecule has 2 aromatic rings. The Bertz CT molecular complexity index is 706. The van der Waals surface area contributed by atoms with E-state index < -0.39 is 0 Å². The number of amides is 1. The largest absolute Gasteiger partial charge is 0.455 e. The van der Waals surface area contributed by atoms with Gasteiger partial charge in [-0.05, 0) is 24.3 Å². The van der Waals surface area contributed by atoms with Crippen LogP contribution in [0.1, 0.15) is 5.76 Å². The van der Waals surface area contributed by atoms with E-state index in [0.717, 1.165) is 28.9 Å². The first-order valence-corrected chi connectivity index (χ1v) is 8.59. The highest BCUT2D eigenvalue weighted by Crippen LogP contribution is 2.23. The van der Waals surface area contributed by atoms with Gasteiger partial charge in [0.2, 0.25) is 0 Å². The minimum absolute atomic E-state index is 0.108. The van der Waals surface area contributed by atoms with Crippen molar-refractivity contribution in [1.29, 1.82) is 0 Å². The van der Waals surface area contributed by atoms with Crippen molar-refractivity contribution in [2.24, 2.45) is 5.10 Å². The number of morpholine rings is 1. The Morgan fingerprint density at radius 2 is 1.96 bits per heavy atom. The van der Waals surface area contributed by atoms with E-state index in [4.69, 9.17) is 9.15 Å². The van der Waals surface area contributed by atoms with Crippen LogP contribution in [0.2, 0.25) is 0 Å². The van der Waals surface area contributed by atoms with Gasteiger partial charge in [-0.2, -0.15) is 5.10 Å². The van der Waals surface area contributed by atoms with Crippen molar-refractivity contribution in [2.75, 3.05) is 32.8 Å². The fourth-order valence-electron chi connectivity index (χ4n) is 2.46. The van der Waals surface area contributed by atoms with Crippen molar-refractivity contribution in [3.63, 3.8) is 0 Å². The van der Waals surface area contributed by atoms with Crippen LogP contribution in [0.4, 0.5) is 0 Å². The maximum absolute atomic E-state index is 11.8. The lowest BCUT2D eigenvalue weighted by atomic mass is 10.2. The summed E-state index contributed by atoms with van der Waals surface area (Å²) >= 11 is 3.41. The van der Waals surface area contributed by atoms with Gasteiger partial charge >= 0.3 is 0 Å². The van der Waals surface area contributed by atoms with E-state index in [1.165, 1.54) is 11.1 Å². The number of rotatable bonds is 5. The number of nitrogens with zero attached hydrogens (tertiary/aromatic N) is 1. The molecule has 1 aromatic heterocycles. The second-order valence-electron chi connectivity index (χ2n) is 5.54. The molecule has 1 aliphatic heterocycles. The van der Waals surface area contributed by atoms with Gasteiger partial charge in [0.15, 0.2) is 6.54 Å². The third kappa shape index (κ3) is 4.77. The Hall–Kier alpha value is -1.96. The Morgan fingerprint density at radius 1 is 1.21 bits per heavy atom. The predicted octanol–water partition coefficient (Wildman–Crippen LogP) is 1.07. The molecule has 0 atom stereocenters. The number of halogens is 1. The van der Waals surface area contributed by atoms with Crippen LogP contribution in [0.15, 0.2) is 50.4 Å². The van der Waals surface area contributed by atoms with Crippen LogP contribution in [0.3, 0.4) is 0 Å². The van der Waals surface area contributed by atoms with Crippen molar-refractivity contribution in [3.8, 4) is 11.3 Å². The van der Waals surface area contributed by atoms with Gasteiger partial charge in [-0.15, -0.1) is 0 Å². The number of carbonyl (C=O) groups excluding carboxylic acids is 1. The molecule has 0 unspecified atom stereocenters. The zero-order chi connectivity index (χ0) is 16.8. The van der Waals surface area contributed by atoms with Gasteiger partial charge < -0.3 is 14.1 Å². The standard InChI is InChI=1S/C17H18BrN3O3/c18-14-3-1-13(2-4-14)16-6-5-15(24-16)11-19-20-17(22)12-21-7-9-23-10-8-21/h1-6,11H,7-10,12H2,(H,20,22)/p+1/b19-11-. The first-order chi connectivity index (χ1) is 11.7. The van der Waals surface area contributed by atoms with E-state index in [1.54, 1.807) is 0 Å². The molecule has 1 aliphatic rings. The number of benzene rings is 1. The van der Waals surface area contributed by atoms with E-state index in [1.807, 2.05) is 36.4 Å². The van der Waals surface area contributed by atoms with Crippen molar-refractivity contribution in [2.45, 2.75) is 0 Å². The minimum atomic E-state index is -0.108. The molecule has 2 N–H and O–H groups in total. The molecule has 0 saturated carbocycles. The molecule has 3 rings (SSSR count). The molecule has 1 amide bonds. The van der Waals surface area contributed by atoms with Gasteiger partial charge in [0.1, 0.15) is 24.6 Å². The number of hydrazone groups is 1. The Kier molecular flexibility index (Phi) is 5.79. The first-order valence-electron chi connectivity index (χ1n) is 7.80. The van der Waals surface area contributed by atoms with Gasteiger partial charge in [-0.1, -0.05) is 28.1 Å². The van der Waals surface area contributed by atoms with E-state index in [0.29, 0.717) is 25.5 Å². The number of quaternary nitrogens is 1. The van der Waals surface area contributed by atoms with Crippen LogP contribution in [0, 0.1) is 0 Å². The highest BCUT2D eigenvalue weighted by atomic mass is 79.9. The van der Waals surface area contributed by atoms with Crippen LogP contribution in [-0.2, 0) is 9.53 Å². The minimum Gasteiger partial charge on any atom is -0.455 e. The van der Waals surface area contributed by atoms with Crippen LogP contribution in [0.5, 0.6) is 0 Å². The number of hydrogen-bond donors (Lipinski definition) is 2. The molecule has 24 heavy (non-hydrogen) atoms. The number of ether oxygens (including phenoxy) is 1. The molecule has 2 heterocycles. The molecule has 1 saturated heterocycles. The highest BCUT2D eigenvalue weighted by molar-refractivity contribution is 9.10. The van der Waals surface area contributed by atoms with E-state index >= 15 is 0 Å². The molecular weight excluding hydrogens is 374 g/mol. The summed E-state index contributed by atoms with van der Waals surface area (Å²) in [6.45, 7) is 3.52. The topological polar surface area (TPSA) is 68.3 Å². The second-order valence-corrected chi connectivity index (χ2v) is 6.46. The smallest absolute Gasteiger partial charge is 0.295 e. The van der Waals surface area contributed by atoms with Gasteiger partial charge in [0, 0.05) is 10.0 Å². The Balaban J connectivity index is 1.51. The van der Waals surface area contributed by atoms with E-state index in [9.17, 15) is 4.79 Å². The van der Waals surface area contributed by atoms with Gasteiger partial charge in [0.05, 0.1) is 19.4 Å². The van der Waals surface area contributed by atoms with Crippen molar-refractivity contribution in [3.05, 3.63) is 46.6 Å². The maximum Gasteiger partial charge on any atom is 0.295 e. The average molecular weight is 393 g/mol. The van der Waals surface area contributed by atoms with Gasteiger partial charge in [0.25, 0.3) is 5.91 Å². The Labute approximate surface area is 148 Å². The molecule has 7 heteroatoms. The van der Waals surface area contributed by atoms with Crippen LogP contribution in [0.25, 0.3) is 11.3 Å². The fraction of sp³-hybridized carbons (Fsp3) is 0.294. The van der Waals surface area contributed by atoms with Gasteiger partial charge in [-0.25, -0.2) is 5.43 Å². The molecule has 1 aromatic carbocycles. The zero-order valence-corrected chi connectivity index (χ0v) is 14.7. The number of carbonyl (C=O) groups is 1. The van der Waals surface area contributed by atoms with E-state index in [-0.39, 0.29) is 5.91 Å².